The summed E-state index contributed by atoms with van der Waals surface area (Å²) in [4.78, 5) is 0. The fraction of sp³-hybridized carbons (Fsp3) is 0.500. The van der Waals surface area contributed by atoms with E-state index in [4.69, 9.17) is 5.11 Å². The lowest BCUT2D eigenvalue weighted by Crippen LogP contribution is -1.96. The summed E-state index contributed by atoms with van der Waals surface area (Å²) in [5.74, 6) is 0. The van der Waals surface area contributed by atoms with Crippen LogP contribution in [0.4, 0.5) is 0 Å². The van der Waals surface area contributed by atoms with Gasteiger partial charge in [-0.15, -0.1) is 15.8 Å². The molecule has 0 aromatic heterocycles. The van der Waals surface area contributed by atoms with Crippen LogP contribution in [0, 0.1) is 0 Å². The second-order valence-corrected chi connectivity index (χ2v) is 1.94. The minimum absolute atomic E-state index is 0.171. The third-order valence-corrected chi connectivity index (χ3v) is 0.997. The first-order valence-corrected chi connectivity index (χ1v) is 2.47. The largest absolute Gasteiger partial charge is 0.395 e. The summed E-state index contributed by atoms with van der Waals surface area (Å²) in [6, 6.07) is 0. The van der Waals surface area contributed by atoms with E-state index in [9.17, 15) is 0 Å². The molecule has 0 saturated carbocycles. The molecule has 0 saturated heterocycles. The first-order chi connectivity index (χ1) is 2.81. The van der Waals surface area contributed by atoms with Crippen LogP contribution >= 0.6 is 9.24 Å². The van der Waals surface area contributed by atoms with Gasteiger partial charge in [-0.1, -0.05) is 6.08 Å². The van der Waals surface area contributed by atoms with Crippen molar-refractivity contribution in [1.29, 1.82) is 0 Å². The highest BCUT2D eigenvalue weighted by Gasteiger charge is 1.85. The smallest absolute Gasteiger partial charge is 0.0528 e. The molecule has 0 rings (SSSR count). The van der Waals surface area contributed by atoms with Crippen LogP contribution < -0.4 is 0 Å². The Kier molecular flexibility index (Phi) is 3.40. The van der Waals surface area contributed by atoms with E-state index in [0.29, 0.717) is 0 Å². The molecule has 1 nitrogen and oxygen atoms in total. The van der Waals surface area contributed by atoms with E-state index >= 15 is 0 Å². The summed E-state index contributed by atoms with van der Waals surface area (Å²) in [6.07, 6.45) is 1.69. The van der Waals surface area contributed by atoms with Crippen molar-refractivity contribution >= 4 is 9.24 Å². The van der Waals surface area contributed by atoms with Gasteiger partial charge >= 0.3 is 0 Å². The van der Waals surface area contributed by atoms with Crippen molar-refractivity contribution in [2.75, 3.05) is 6.61 Å². The molecule has 0 aliphatic carbocycles. The van der Waals surface area contributed by atoms with Gasteiger partial charge in [0.25, 0.3) is 0 Å². The number of rotatable bonds is 2. The molecule has 0 bridgehead atoms. The van der Waals surface area contributed by atoms with Crippen LogP contribution in [-0.2, 0) is 0 Å². The van der Waals surface area contributed by atoms with E-state index in [-0.39, 0.29) is 12.3 Å². The van der Waals surface area contributed by atoms with Crippen molar-refractivity contribution < 1.29 is 5.11 Å². The Hall–Kier alpha value is 0.130. The van der Waals surface area contributed by atoms with Crippen molar-refractivity contribution in [3.8, 4) is 0 Å². The quantitative estimate of drug-likeness (QED) is 0.397. The first-order valence-electron chi connectivity index (χ1n) is 1.80. The SMILES string of the molecule is C=CC(P)CO. The highest BCUT2D eigenvalue weighted by atomic mass is 31.0. The third kappa shape index (κ3) is 2.37. The molecule has 1 N–H and O–H groups in total. The van der Waals surface area contributed by atoms with Crippen molar-refractivity contribution in [3.05, 3.63) is 12.7 Å². The van der Waals surface area contributed by atoms with Gasteiger partial charge in [0.1, 0.15) is 0 Å². The molecule has 0 heterocycles. The van der Waals surface area contributed by atoms with E-state index in [0.717, 1.165) is 0 Å². The summed E-state index contributed by atoms with van der Waals surface area (Å²) in [6.45, 7) is 3.63. The molecule has 36 valence electrons. The second kappa shape index (κ2) is 3.32. The number of hydrogen-bond acceptors (Lipinski definition) is 1. The van der Waals surface area contributed by atoms with E-state index < -0.39 is 0 Å². The van der Waals surface area contributed by atoms with Gasteiger partial charge in [0, 0.05) is 5.66 Å². The Morgan fingerprint density at radius 3 is 2.50 bits per heavy atom. The van der Waals surface area contributed by atoms with E-state index in [1.54, 1.807) is 6.08 Å². The first kappa shape index (κ1) is 6.13. The lowest BCUT2D eigenvalue weighted by atomic mass is 10.4. The molecule has 6 heavy (non-hydrogen) atoms. The zero-order chi connectivity index (χ0) is 4.99. The van der Waals surface area contributed by atoms with Gasteiger partial charge in [-0.3, -0.25) is 0 Å². The Bertz CT molecular complexity index is 44.8. The van der Waals surface area contributed by atoms with Crippen LogP contribution in [0.1, 0.15) is 0 Å². The van der Waals surface area contributed by atoms with E-state index in [1.165, 1.54) is 0 Å². The summed E-state index contributed by atoms with van der Waals surface area (Å²) in [5.41, 5.74) is 0.171. The normalized spacial score (nSPS) is 13.7. The predicted molar refractivity (Wildman–Crippen MR) is 30.8 cm³/mol. The van der Waals surface area contributed by atoms with Crippen LogP contribution in [0.25, 0.3) is 0 Å². The molecule has 0 aliphatic rings. The standard InChI is InChI=1S/C4H9OP/c1-2-4(6)3-5/h2,4-5H,1,3,6H2. The van der Waals surface area contributed by atoms with Crippen molar-refractivity contribution in [3.63, 3.8) is 0 Å². The number of aliphatic hydroxyl groups excluding tert-OH is 1. The third-order valence-electron chi connectivity index (χ3n) is 0.514. The van der Waals surface area contributed by atoms with Gasteiger partial charge in [-0.25, -0.2) is 0 Å². The molecule has 0 fully saturated rings. The van der Waals surface area contributed by atoms with Gasteiger partial charge in [0.05, 0.1) is 6.61 Å². The lowest BCUT2D eigenvalue weighted by Gasteiger charge is -1.93. The number of aliphatic hydroxyl groups is 1. The van der Waals surface area contributed by atoms with E-state index in [2.05, 4.69) is 15.8 Å². The molecular weight excluding hydrogens is 95.0 g/mol. The topological polar surface area (TPSA) is 20.2 Å². The zero-order valence-electron chi connectivity index (χ0n) is 3.59. The summed E-state index contributed by atoms with van der Waals surface area (Å²) >= 11 is 0. The van der Waals surface area contributed by atoms with Crippen molar-refractivity contribution in [2.24, 2.45) is 0 Å². The Morgan fingerprint density at radius 2 is 2.50 bits per heavy atom. The fourth-order valence-corrected chi connectivity index (χ4v) is 0.0745. The molecule has 0 radical (unpaired) electrons. The molecule has 0 amide bonds. The molecule has 0 aromatic carbocycles. The molecular formula is C4H9OP. The van der Waals surface area contributed by atoms with Crippen LogP contribution in [0.3, 0.4) is 0 Å². The van der Waals surface area contributed by atoms with Gasteiger partial charge in [-0.2, -0.15) is 0 Å². The van der Waals surface area contributed by atoms with Gasteiger partial charge in [0.15, 0.2) is 0 Å². The van der Waals surface area contributed by atoms with Gasteiger partial charge in [-0.05, 0) is 0 Å². The lowest BCUT2D eigenvalue weighted by molar-refractivity contribution is 0.307. The maximum atomic E-state index is 8.24. The molecule has 0 spiro atoms. The summed E-state index contributed by atoms with van der Waals surface area (Å²) in [7, 11) is 2.44. The molecule has 0 aromatic rings. The average Bonchev–Trinajstić information content (AvgIpc) is 1.65. The minimum atomic E-state index is 0.171. The Balaban J connectivity index is 2.96. The predicted octanol–water partition coefficient (Wildman–Crippen LogP) is 0.408. The van der Waals surface area contributed by atoms with E-state index in [1.807, 2.05) is 0 Å². The highest BCUT2D eigenvalue weighted by Crippen LogP contribution is 1.96. The monoisotopic (exact) mass is 104 g/mol. The van der Waals surface area contributed by atoms with Gasteiger partial charge in [0.2, 0.25) is 0 Å². The maximum absolute atomic E-state index is 8.24. The van der Waals surface area contributed by atoms with Crippen molar-refractivity contribution in [1.82, 2.24) is 0 Å². The molecule has 0 aliphatic heterocycles. The average molecular weight is 104 g/mol. The van der Waals surface area contributed by atoms with Crippen molar-refractivity contribution in [2.45, 2.75) is 5.66 Å². The van der Waals surface area contributed by atoms with Gasteiger partial charge < -0.3 is 5.11 Å². The molecule has 2 heteroatoms. The minimum Gasteiger partial charge on any atom is -0.395 e. The van der Waals surface area contributed by atoms with Crippen LogP contribution in [0.5, 0.6) is 0 Å². The summed E-state index contributed by atoms with van der Waals surface area (Å²) < 4.78 is 0. The number of hydrogen-bond donors (Lipinski definition) is 1. The van der Waals surface area contributed by atoms with Crippen LogP contribution in [0.2, 0.25) is 0 Å². The fourth-order valence-electron chi connectivity index (χ4n) is 0.0745. The summed E-state index contributed by atoms with van der Waals surface area (Å²) in [5, 5.41) is 8.24. The molecule has 2 unspecified atom stereocenters. The highest BCUT2D eigenvalue weighted by molar-refractivity contribution is 7.18. The Morgan fingerprint density at radius 1 is 2.00 bits per heavy atom. The zero-order valence-corrected chi connectivity index (χ0v) is 4.75. The second-order valence-electron chi connectivity index (χ2n) is 1.08. The maximum Gasteiger partial charge on any atom is 0.0528 e. The van der Waals surface area contributed by atoms with Crippen LogP contribution in [0.15, 0.2) is 12.7 Å². The Labute approximate surface area is 40.3 Å². The van der Waals surface area contributed by atoms with Crippen LogP contribution in [-0.4, -0.2) is 17.4 Å². The molecule has 2 atom stereocenters.